The molecule has 0 radical (unpaired) electrons. The number of nitrogens with one attached hydrogen (secondary N) is 1. The number of fused-ring (bicyclic) bond motifs is 2. The summed E-state index contributed by atoms with van der Waals surface area (Å²) in [6.45, 7) is 131. The summed E-state index contributed by atoms with van der Waals surface area (Å²) in [4.78, 5) is 23.5. The Morgan fingerprint density at radius 1 is 0.266 bits per heavy atom. The van der Waals surface area contributed by atoms with Gasteiger partial charge in [-0.1, -0.05) is 145 Å². The molecular formula is C98H204N10O. The molecule has 0 aromatic rings. The molecule has 0 aromatic carbocycles. The second-order valence-electron chi connectivity index (χ2n) is 52.0. The van der Waals surface area contributed by atoms with Crippen LogP contribution in [0.2, 0.25) is 0 Å². The second-order valence-corrected chi connectivity index (χ2v) is 52.0. The fraction of sp³-hybridized carbons (Fsp3) is 1.00. The molecular weight excluding hydrogens is 1330 g/mol. The molecule has 11 heteroatoms. The van der Waals surface area contributed by atoms with Crippen LogP contribution in [0.1, 0.15) is 377 Å². The zero-order chi connectivity index (χ0) is 85.3. The lowest BCUT2D eigenvalue weighted by Gasteiger charge is -2.62. The third-order valence-electron chi connectivity index (χ3n) is 27.2. The molecule has 11 nitrogen and oxygen atoms in total. The number of likely N-dealkylation sites (tertiary alicyclic amines) is 4. The molecule has 0 aromatic heterocycles. The van der Waals surface area contributed by atoms with E-state index >= 15 is 0 Å². The van der Waals surface area contributed by atoms with Gasteiger partial charge in [-0.3, -0.25) is 44.1 Å². The number of morpholine rings is 1. The highest BCUT2D eigenvalue weighted by molar-refractivity contribution is 5.06. The standard InChI is InChI=1S/3C13H27N.C12H24N2.C12H26N2.C12H25NO.C12H25N.C11H23N/c1-12(2,3)11-7-9-14(10-8-11)13(4,5)6;1-12(2,3)10-7-8-14-11(9-10)13(4,5)6;1-12(2,3)11-8-7-9-14(10-11)13(4,5)6;1-9(2)13-7-10-6-11(8-13)14(10)12(3,4)5;1-11(2,3)13-7-9-14(10-8-13)12(4,5)6;1-11(2,3)10-9-13(7-8-14-10)12(4,5)6;1-11(2,3)10-7-8-13(9-10)12(4,5)6;1-10(2,3)9-7-12(8-9)11(4,5)6/h11H,7-10H2,1-6H3;10-11,14H,7-9H2,1-6H3;11H,7-10H2,1-6H3;9-11H,6-8H2,1-5H3;7-10H2,1-6H3;10H,7-9H2,1-6H3;10H,7-9H2,1-6H3;9H,7-8H2,1-6H3. The largest absolute Gasteiger partial charge is 0.375 e. The Balaban J connectivity index is 0.000000423. The van der Waals surface area contributed by atoms with Crippen LogP contribution in [-0.2, 0) is 4.74 Å². The van der Waals surface area contributed by atoms with Crippen LogP contribution in [0.15, 0.2) is 0 Å². The van der Waals surface area contributed by atoms with Crippen molar-refractivity contribution in [3.63, 3.8) is 0 Å². The van der Waals surface area contributed by atoms with Crippen molar-refractivity contribution in [2.45, 2.75) is 451 Å². The third-order valence-corrected chi connectivity index (χ3v) is 27.2. The minimum absolute atomic E-state index is 0.254. The van der Waals surface area contributed by atoms with E-state index in [9.17, 15) is 0 Å². The number of piperazine rings is 2. The zero-order valence-corrected chi connectivity index (χ0v) is 83.6. The number of hydrogen-bond donors (Lipinski definition) is 1. The summed E-state index contributed by atoms with van der Waals surface area (Å²) in [6, 6.07) is 3.08. The summed E-state index contributed by atoms with van der Waals surface area (Å²) in [5.74, 6) is 4.45. The minimum Gasteiger partial charge on any atom is -0.375 e. The van der Waals surface area contributed by atoms with Gasteiger partial charge in [-0.05, 0) is 332 Å². The quantitative estimate of drug-likeness (QED) is 0.273. The van der Waals surface area contributed by atoms with E-state index in [0.29, 0.717) is 83.4 Å². The van der Waals surface area contributed by atoms with Crippen molar-refractivity contribution in [1.29, 1.82) is 0 Å². The van der Waals surface area contributed by atoms with Gasteiger partial charge >= 0.3 is 0 Å². The van der Waals surface area contributed by atoms with E-state index in [2.05, 4.69) is 375 Å². The van der Waals surface area contributed by atoms with Gasteiger partial charge in [0.25, 0.3) is 0 Å². The van der Waals surface area contributed by atoms with Gasteiger partial charge < -0.3 is 10.1 Å². The van der Waals surface area contributed by atoms with Crippen molar-refractivity contribution in [1.82, 2.24) is 49.4 Å². The summed E-state index contributed by atoms with van der Waals surface area (Å²) in [7, 11) is 0. The maximum Gasteiger partial charge on any atom is 0.0750 e. The Kier molecular flexibility index (Phi) is 38.5. The van der Waals surface area contributed by atoms with Gasteiger partial charge in [0.2, 0.25) is 0 Å². The molecule has 10 rings (SSSR count). The highest BCUT2D eigenvalue weighted by Gasteiger charge is 2.50. The van der Waals surface area contributed by atoms with E-state index in [-0.39, 0.29) is 11.0 Å². The smallest absolute Gasteiger partial charge is 0.0750 e. The van der Waals surface area contributed by atoms with Crippen molar-refractivity contribution >= 4 is 0 Å². The fourth-order valence-corrected chi connectivity index (χ4v) is 17.7. The summed E-state index contributed by atoms with van der Waals surface area (Å²) in [6.07, 6.45) is 11.4. The maximum absolute atomic E-state index is 5.83. The molecule has 0 saturated carbocycles. The average molecular weight is 1540 g/mol. The number of rotatable bonds is 1. The molecule has 109 heavy (non-hydrogen) atoms. The Morgan fingerprint density at radius 2 is 0.587 bits per heavy atom. The van der Waals surface area contributed by atoms with E-state index in [1.165, 1.54) is 150 Å². The molecule has 2 bridgehead atoms. The first kappa shape index (κ1) is 105. The molecule has 1 N–H and O–H groups in total. The minimum atomic E-state index is 0.254. The lowest BCUT2D eigenvalue weighted by molar-refractivity contribution is -0.125. The van der Waals surface area contributed by atoms with E-state index in [4.69, 9.17) is 4.74 Å². The Bertz CT molecular complexity index is 2190. The van der Waals surface area contributed by atoms with Crippen molar-refractivity contribution in [3.8, 4) is 0 Å². The van der Waals surface area contributed by atoms with Crippen molar-refractivity contribution in [3.05, 3.63) is 0 Å². The molecule has 10 aliphatic rings. The van der Waals surface area contributed by atoms with Crippen LogP contribution in [0.5, 0.6) is 0 Å². The molecule has 7 unspecified atom stereocenters. The first-order valence-corrected chi connectivity index (χ1v) is 45.5. The molecule has 0 amide bonds. The van der Waals surface area contributed by atoms with Crippen LogP contribution in [0, 0.1) is 67.5 Å². The predicted molar refractivity (Wildman–Crippen MR) is 487 cm³/mol. The summed E-state index contributed by atoms with van der Waals surface area (Å²) in [5, 5.41) is 3.66. The average Bonchev–Trinajstić information content (AvgIpc) is 1.20. The van der Waals surface area contributed by atoms with Crippen LogP contribution in [-0.4, -0.2) is 237 Å². The Morgan fingerprint density at radius 3 is 0.899 bits per heavy atom. The van der Waals surface area contributed by atoms with E-state index < -0.39 is 0 Å². The lowest BCUT2D eigenvalue weighted by atomic mass is 9.69. The van der Waals surface area contributed by atoms with Crippen LogP contribution in [0.4, 0.5) is 0 Å². The van der Waals surface area contributed by atoms with Crippen molar-refractivity contribution < 1.29 is 4.74 Å². The predicted octanol–water partition coefficient (Wildman–Crippen LogP) is 23.1. The zero-order valence-electron chi connectivity index (χ0n) is 83.6. The van der Waals surface area contributed by atoms with E-state index in [0.717, 1.165) is 67.4 Å². The lowest BCUT2D eigenvalue weighted by Crippen LogP contribution is -2.73. The van der Waals surface area contributed by atoms with Gasteiger partial charge in [-0.15, -0.1) is 0 Å². The first-order valence-electron chi connectivity index (χ1n) is 45.5. The van der Waals surface area contributed by atoms with Crippen molar-refractivity contribution in [2.24, 2.45) is 67.5 Å². The maximum atomic E-state index is 5.83. The van der Waals surface area contributed by atoms with Crippen LogP contribution in [0.3, 0.4) is 0 Å². The van der Waals surface area contributed by atoms with Crippen LogP contribution >= 0.6 is 0 Å². The number of ether oxygens (including phenoxy) is 1. The van der Waals surface area contributed by atoms with Gasteiger partial charge in [0.1, 0.15) is 0 Å². The summed E-state index contributed by atoms with van der Waals surface area (Å²) in [5.41, 5.74) is 5.88. The fourth-order valence-electron chi connectivity index (χ4n) is 17.7. The Labute approximate surface area is 687 Å². The highest BCUT2D eigenvalue weighted by Crippen LogP contribution is 2.43. The van der Waals surface area contributed by atoms with Crippen molar-refractivity contribution in [2.75, 3.05) is 118 Å². The molecule has 10 fully saturated rings. The van der Waals surface area contributed by atoms with Crippen LogP contribution in [0.25, 0.3) is 0 Å². The topological polar surface area (TPSA) is 50.4 Å². The Hall–Kier alpha value is -0.440. The van der Waals surface area contributed by atoms with Crippen LogP contribution < -0.4 is 5.32 Å². The number of piperidine rings is 4. The molecule has 10 saturated heterocycles. The molecule has 10 aliphatic heterocycles. The van der Waals surface area contributed by atoms with Gasteiger partial charge in [0, 0.05) is 147 Å². The van der Waals surface area contributed by atoms with Gasteiger partial charge in [-0.2, -0.15) is 0 Å². The highest BCUT2D eigenvalue weighted by atomic mass is 16.5. The molecule has 7 atom stereocenters. The number of nitrogens with zero attached hydrogens (tertiary/aromatic N) is 9. The van der Waals surface area contributed by atoms with E-state index in [1.54, 1.807) is 0 Å². The second kappa shape index (κ2) is 40.1. The summed E-state index contributed by atoms with van der Waals surface area (Å²) >= 11 is 0. The van der Waals surface area contributed by atoms with Gasteiger partial charge in [0.15, 0.2) is 0 Å². The third kappa shape index (κ3) is 36.8. The molecule has 0 aliphatic carbocycles. The van der Waals surface area contributed by atoms with Gasteiger partial charge in [0.05, 0.1) is 12.7 Å². The van der Waals surface area contributed by atoms with Gasteiger partial charge in [-0.25, -0.2) is 0 Å². The SMILES string of the molecule is CC(C)(C)C1CCCN(C(C)(C)C)C1.CC(C)(C)C1CCN(C(C)(C)C)C1.CC(C)(C)C1CCN(C(C)(C)C)CC1.CC(C)(C)C1CCNC(C(C)(C)C)C1.CC(C)(C)C1CN(C(C)(C)C)C1.CC(C)(C)C1CN(C(C)(C)C)CCO1.CC(C)(C)N1CCN(C(C)(C)C)CC1.CC(C)N1CC2CC(C1)N2C(C)(C)C. The molecule has 0 spiro atoms. The summed E-state index contributed by atoms with van der Waals surface area (Å²) < 4.78 is 5.83. The number of hydrogen-bond acceptors (Lipinski definition) is 11. The van der Waals surface area contributed by atoms with E-state index in [1.807, 2.05) is 0 Å². The molecule has 652 valence electrons. The monoisotopic (exact) mass is 1540 g/mol. The normalized spacial score (nSPS) is 26.7. The first-order chi connectivity index (χ1) is 48.4. The molecule has 10 heterocycles.